The molecule has 0 bridgehead atoms. The number of carboxylic acids is 1. The molecule has 3 aromatic rings. The Morgan fingerprint density at radius 1 is 0.643 bits per heavy atom. The van der Waals surface area contributed by atoms with Crippen molar-refractivity contribution in [1.29, 1.82) is 0 Å². The minimum Gasteiger partial charge on any atom is -0.478 e. The van der Waals surface area contributed by atoms with Crippen molar-refractivity contribution in [3.8, 4) is 0 Å². The van der Waals surface area contributed by atoms with Crippen LogP contribution in [0.4, 0.5) is 0 Å². The topological polar surface area (TPSA) is 37.3 Å². The Bertz CT molecular complexity index is 951. The molecular weight excluding hydrogens is 343 g/mol. The standard InChI is InChI=1S/C25H27BO2/c1-15-9-7-10-16(2)22(15)26(23-17(3)11-8-12-18(23)4)24-19(5)13-21(25(27)28)14-20(24)6/h7-14H,1-6H3,(H,27,28). The van der Waals surface area contributed by atoms with E-state index in [0.29, 0.717) is 5.56 Å². The van der Waals surface area contributed by atoms with Gasteiger partial charge in [0, 0.05) is 0 Å². The lowest BCUT2D eigenvalue weighted by atomic mass is 9.33. The zero-order valence-electron chi connectivity index (χ0n) is 17.6. The predicted molar refractivity (Wildman–Crippen MR) is 119 cm³/mol. The van der Waals surface area contributed by atoms with Crippen LogP contribution in [0.1, 0.15) is 43.7 Å². The van der Waals surface area contributed by atoms with E-state index in [-0.39, 0.29) is 6.71 Å². The number of carbonyl (C=O) groups is 1. The molecule has 3 aromatic carbocycles. The first-order valence-electron chi connectivity index (χ1n) is 9.69. The maximum Gasteiger partial charge on any atom is 0.335 e. The van der Waals surface area contributed by atoms with Gasteiger partial charge in [0.05, 0.1) is 5.56 Å². The number of hydrogen-bond donors (Lipinski definition) is 1. The first-order chi connectivity index (χ1) is 13.2. The number of hydrogen-bond acceptors (Lipinski definition) is 1. The third-order valence-electron chi connectivity index (χ3n) is 5.79. The van der Waals surface area contributed by atoms with Gasteiger partial charge >= 0.3 is 5.97 Å². The van der Waals surface area contributed by atoms with Crippen molar-refractivity contribution in [2.75, 3.05) is 0 Å². The summed E-state index contributed by atoms with van der Waals surface area (Å²) in [7, 11) is 0. The number of benzene rings is 3. The number of aromatic carboxylic acids is 1. The van der Waals surface area contributed by atoms with Crippen LogP contribution < -0.4 is 16.4 Å². The van der Waals surface area contributed by atoms with E-state index in [1.165, 1.54) is 38.6 Å². The summed E-state index contributed by atoms with van der Waals surface area (Å²) in [6.45, 7) is 12.8. The molecular formula is C25H27BO2. The monoisotopic (exact) mass is 370 g/mol. The van der Waals surface area contributed by atoms with Crippen LogP contribution in [0.25, 0.3) is 0 Å². The van der Waals surface area contributed by atoms with Gasteiger partial charge in [-0.25, -0.2) is 4.79 Å². The van der Waals surface area contributed by atoms with Gasteiger partial charge in [-0.05, 0) is 53.7 Å². The van der Waals surface area contributed by atoms with Gasteiger partial charge in [-0.1, -0.05) is 86.2 Å². The van der Waals surface area contributed by atoms with E-state index in [1.54, 1.807) is 12.1 Å². The van der Waals surface area contributed by atoms with E-state index in [9.17, 15) is 9.90 Å². The zero-order chi connectivity index (χ0) is 20.6. The minimum atomic E-state index is -0.881. The molecule has 0 fully saturated rings. The summed E-state index contributed by atoms with van der Waals surface area (Å²) in [5.74, 6) is -0.881. The first kappa shape index (κ1) is 19.9. The molecule has 0 saturated carbocycles. The smallest absolute Gasteiger partial charge is 0.335 e. The van der Waals surface area contributed by atoms with Crippen LogP contribution >= 0.6 is 0 Å². The minimum absolute atomic E-state index is 0.0743. The molecule has 1 N–H and O–H groups in total. The number of rotatable bonds is 4. The molecule has 0 spiro atoms. The molecule has 0 aliphatic heterocycles. The molecule has 0 unspecified atom stereocenters. The van der Waals surface area contributed by atoms with Crippen molar-refractivity contribution < 1.29 is 9.90 Å². The molecule has 0 saturated heterocycles. The molecule has 0 amide bonds. The Kier molecular flexibility index (Phi) is 5.46. The fraction of sp³-hybridized carbons (Fsp3) is 0.240. The summed E-state index contributed by atoms with van der Waals surface area (Å²) >= 11 is 0. The van der Waals surface area contributed by atoms with Gasteiger partial charge < -0.3 is 5.11 Å². The number of carboxylic acid groups (broad SMARTS) is 1. The largest absolute Gasteiger partial charge is 0.478 e. The fourth-order valence-electron chi connectivity index (χ4n) is 4.55. The van der Waals surface area contributed by atoms with E-state index >= 15 is 0 Å². The Morgan fingerprint density at radius 3 is 1.29 bits per heavy atom. The highest BCUT2D eigenvalue weighted by atomic mass is 16.4. The quantitative estimate of drug-likeness (QED) is 0.711. The summed E-state index contributed by atoms with van der Waals surface area (Å²) in [6, 6.07) is 16.5. The van der Waals surface area contributed by atoms with Crippen LogP contribution in [0.15, 0.2) is 48.5 Å². The average molecular weight is 370 g/mol. The zero-order valence-corrected chi connectivity index (χ0v) is 17.6. The molecule has 0 radical (unpaired) electrons. The van der Waals surface area contributed by atoms with Crippen LogP contribution in [-0.2, 0) is 0 Å². The van der Waals surface area contributed by atoms with Crippen molar-refractivity contribution >= 4 is 29.1 Å². The van der Waals surface area contributed by atoms with Gasteiger partial charge in [-0.15, -0.1) is 0 Å². The van der Waals surface area contributed by atoms with Crippen LogP contribution in [0.3, 0.4) is 0 Å². The van der Waals surface area contributed by atoms with Gasteiger partial charge in [0.25, 0.3) is 0 Å². The lowest BCUT2D eigenvalue weighted by molar-refractivity contribution is 0.0696. The third-order valence-corrected chi connectivity index (χ3v) is 5.79. The van der Waals surface area contributed by atoms with Crippen molar-refractivity contribution in [1.82, 2.24) is 0 Å². The highest BCUT2D eigenvalue weighted by molar-refractivity contribution is 6.97. The summed E-state index contributed by atoms with van der Waals surface area (Å²) in [4.78, 5) is 11.5. The molecule has 28 heavy (non-hydrogen) atoms. The normalized spacial score (nSPS) is 10.8. The Morgan fingerprint density at radius 2 is 0.964 bits per heavy atom. The van der Waals surface area contributed by atoms with Crippen LogP contribution in [0, 0.1) is 41.5 Å². The Hall–Kier alpha value is -2.81. The second-order valence-corrected chi connectivity index (χ2v) is 7.87. The van der Waals surface area contributed by atoms with Gasteiger partial charge in [0.15, 0.2) is 0 Å². The number of aryl methyl sites for hydroxylation is 6. The van der Waals surface area contributed by atoms with Crippen LogP contribution in [0.5, 0.6) is 0 Å². The molecule has 0 atom stereocenters. The average Bonchev–Trinajstić information content (AvgIpc) is 2.60. The summed E-state index contributed by atoms with van der Waals surface area (Å²) < 4.78 is 0. The summed E-state index contributed by atoms with van der Waals surface area (Å²) in [6.07, 6.45) is 0. The van der Waals surface area contributed by atoms with Gasteiger partial charge in [-0.2, -0.15) is 0 Å². The van der Waals surface area contributed by atoms with Crippen molar-refractivity contribution in [3.63, 3.8) is 0 Å². The van der Waals surface area contributed by atoms with Gasteiger partial charge in [0.1, 0.15) is 0 Å². The Balaban J connectivity index is 2.41. The highest BCUT2D eigenvalue weighted by Gasteiger charge is 2.30. The van der Waals surface area contributed by atoms with Crippen LogP contribution in [0.2, 0.25) is 0 Å². The maximum absolute atomic E-state index is 11.5. The van der Waals surface area contributed by atoms with E-state index in [1.807, 2.05) is 13.8 Å². The van der Waals surface area contributed by atoms with Gasteiger partial charge in [0.2, 0.25) is 6.71 Å². The summed E-state index contributed by atoms with van der Waals surface area (Å²) in [5, 5.41) is 9.47. The molecule has 142 valence electrons. The van der Waals surface area contributed by atoms with Gasteiger partial charge in [-0.3, -0.25) is 0 Å². The summed E-state index contributed by atoms with van der Waals surface area (Å²) in [5.41, 5.74) is 11.3. The van der Waals surface area contributed by atoms with E-state index in [2.05, 4.69) is 64.1 Å². The van der Waals surface area contributed by atoms with Crippen molar-refractivity contribution in [2.45, 2.75) is 41.5 Å². The molecule has 0 heterocycles. The molecule has 3 rings (SSSR count). The highest BCUT2D eigenvalue weighted by Crippen LogP contribution is 2.14. The third kappa shape index (κ3) is 3.49. The second kappa shape index (κ2) is 7.67. The molecule has 0 aliphatic rings. The predicted octanol–water partition coefficient (Wildman–Crippen LogP) is 3.75. The van der Waals surface area contributed by atoms with Crippen molar-refractivity contribution in [3.05, 3.63) is 87.5 Å². The van der Waals surface area contributed by atoms with E-state index in [4.69, 9.17) is 0 Å². The van der Waals surface area contributed by atoms with Crippen molar-refractivity contribution in [2.24, 2.45) is 0 Å². The SMILES string of the molecule is Cc1cccc(C)c1B(c1c(C)cccc1C)c1c(C)cc(C(=O)O)cc1C. The van der Waals surface area contributed by atoms with E-state index in [0.717, 1.165) is 11.1 Å². The second-order valence-electron chi connectivity index (χ2n) is 7.87. The first-order valence-corrected chi connectivity index (χ1v) is 9.69. The molecule has 0 aliphatic carbocycles. The lowest BCUT2D eigenvalue weighted by Gasteiger charge is -2.26. The van der Waals surface area contributed by atoms with E-state index < -0.39 is 5.97 Å². The van der Waals surface area contributed by atoms with Crippen LogP contribution in [-0.4, -0.2) is 17.8 Å². The molecule has 2 nitrogen and oxygen atoms in total. The lowest BCUT2D eigenvalue weighted by Crippen LogP contribution is -2.57. The maximum atomic E-state index is 11.5. The molecule has 3 heteroatoms. The Labute approximate surface area is 168 Å². The fourth-order valence-corrected chi connectivity index (χ4v) is 4.55. The molecule has 0 aromatic heterocycles.